The molecular weight excluding hydrogens is 222 g/mol. The van der Waals surface area contributed by atoms with Crippen LogP contribution < -0.4 is 0 Å². The van der Waals surface area contributed by atoms with Crippen LogP contribution >= 0.6 is 0 Å². The van der Waals surface area contributed by atoms with Crippen LogP contribution in [0.3, 0.4) is 0 Å². The highest BCUT2D eigenvalue weighted by Crippen LogP contribution is 2.42. The summed E-state index contributed by atoms with van der Waals surface area (Å²) in [6, 6.07) is 1.51. The number of hydrogen-bond acceptors (Lipinski definition) is 2. The number of nitrogens with zero attached hydrogens (tertiary/aromatic N) is 1. The first-order chi connectivity index (χ1) is 8.65. The van der Waals surface area contributed by atoms with E-state index in [1.807, 2.05) is 0 Å². The van der Waals surface area contributed by atoms with Crippen LogP contribution in [0.4, 0.5) is 0 Å². The summed E-state index contributed by atoms with van der Waals surface area (Å²) in [7, 11) is 0. The molecule has 104 valence electrons. The SMILES string of the molecule is CC(C)C1CCC(O)CC1N1CC2CCC1CC2. The molecule has 2 saturated carbocycles. The number of aliphatic hydroxyl groups is 1. The van der Waals surface area contributed by atoms with Crippen LogP contribution in [0.2, 0.25) is 0 Å². The van der Waals surface area contributed by atoms with Crippen molar-refractivity contribution in [3.05, 3.63) is 0 Å². The third-order valence-electron chi connectivity index (χ3n) is 5.88. The van der Waals surface area contributed by atoms with Gasteiger partial charge in [-0.25, -0.2) is 0 Å². The Labute approximate surface area is 112 Å². The summed E-state index contributed by atoms with van der Waals surface area (Å²) in [6.07, 6.45) is 9.02. The van der Waals surface area contributed by atoms with E-state index in [1.54, 1.807) is 0 Å². The minimum Gasteiger partial charge on any atom is -0.393 e. The Hall–Kier alpha value is -0.0800. The van der Waals surface area contributed by atoms with Gasteiger partial charge >= 0.3 is 0 Å². The first-order valence-corrected chi connectivity index (χ1v) is 8.09. The molecule has 2 aliphatic heterocycles. The molecule has 0 spiro atoms. The van der Waals surface area contributed by atoms with Crippen LogP contribution in [0.15, 0.2) is 0 Å². The second-order valence-electron chi connectivity index (χ2n) is 7.31. The monoisotopic (exact) mass is 251 g/mol. The number of rotatable bonds is 2. The molecule has 4 aliphatic rings. The van der Waals surface area contributed by atoms with E-state index >= 15 is 0 Å². The molecule has 1 N–H and O–H groups in total. The van der Waals surface area contributed by atoms with E-state index in [9.17, 15) is 5.11 Å². The molecule has 18 heavy (non-hydrogen) atoms. The normalized spacial score (nSPS) is 45.7. The summed E-state index contributed by atoms with van der Waals surface area (Å²) in [5.74, 6) is 2.54. The van der Waals surface area contributed by atoms with Gasteiger partial charge in [0.15, 0.2) is 0 Å². The molecule has 2 nitrogen and oxygen atoms in total. The molecular formula is C16H29NO. The highest BCUT2D eigenvalue weighted by atomic mass is 16.3. The van der Waals surface area contributed by atoms with Gasteiger partial charge in [0.25, 0.3) is 0 Å². The van der Waals surface area contributed by atoms with Crippen molar-refractivity contribution in [2.75, 3.05) is 6.54 Å². The fraction of sp³-hybridized carbons (Fsp3) is 1.00. The zero-order valence-corrected chi connectivity index (χ0v) is 12.0. The highest BCUT2D eigenvalue weighted by molar-refractivity contribution is 4.96. The molecule has 2 aliphatic carbocycles. The van der Waals surface area contributed by atoms with E-state index in [4.69, 9.17) is 0 Å². The molecule has 2 heterocycles. The van der Waals surface area contributed by atoms with Gasteiger partial charge in [-0.15, -0.1) is 0 Å². The lowest BCUT2D eigenvalue weighted by atomic mass is 9.72. The van der Waals surface area contributed by atoms with Gasteiger partial charge in [0.2, 0.25) is 0 Å². The molecule has 2 bridgehead atoms. The van der Waals surface area contributed by atoms with Crippen LogP contribution in [-0.4, -0.2) is 34.7 Å². The number of hydrogen-bond donors (Lipinski definition) is 1. The molecule has 2 saturated heterocycles. The summed E-state index contributed by atoms with van der Waals surface area (Å²) < 4.78 is 0. The predicted molar refractivity (Wildman–Crippen MR) is 74.4 cm³/mol. The first-order valence-electron chi connectivity index (χ1n) is 8.09. The maximum absolute atomic E-state index is 10.1. The Morgan fingerprint density at radius 1 is 1.00 bits per heavy atom. The second kappa shape index (κ2) is 5.13. The molecule has 3 unspecified atom stereocenters. The summed E-state index contributed by atoms with van der Waals surface area (Å²) in [5.41, 5.74) is 0. The molecule has 0 amide bonds. The fourth-order valence-corrected chi connectivity index (χ4v) is 4.82. The predicted octanol–water partition coefficient (Wildman–Crippen LogP) is 3.05. The summed E-state index contributed by atoms with van der Waals surface area (Å²) in [4.78, 5) is 2.81. The molecule has 4 fully saturated rings. The molecule has 0 aromatic carbocycles. The molecule has 4 rings (SSSR count). The van der Waals surface area contributed by atoms with Gasteiger partial charge in [-0.2, -0.15) is 0 Å². The smallest absolute Gasteiger partial charge is 0.0555 e. The van der Waals surface area contributed by atoms with E-state index in [2.05, 4.69) is 18.7 Å². The van der Waals surface area contributed by atoms with Gasteiger partial charge in [-0.05, 0) is 62.7 Å². The van der Waals surface area contributed by atoms with E-state index in [0.717, 1.165) is 36.6 Å². The van der Waals surface area contributed by atoms with Crippen molar-refractivity contribution in [1.82, 2.24) is 4.90 Å². The van der Waals surface area contributed by atoms with Crippen molar-refractivity contribution < 1.29 is 5.11 Å². The third-order valence-corrected chi connectivity index (χ3v) is 5.88. The average molecular weight is 251 g/mol. The first kappa shape index (κ1) is 12.9. The van der Waals surface area contributed by atoms with Crippen LogP contribution in [0.1, 0.15) is 58.8 Å². The van der Waals surface area contributed by atoms with Crippen molar-refractivity contribution in [3.63, 3.8) is 0 Å². The molecule has 2 heteroatoms. The lowest BCUT2D eigenvalue weighted by Gasteiger charge is -2.53. The fourth-order valence-electron chi connectivity index (χ4n) is 4.82. The second-order valence-corrected chi connectivity index (χ2v) is 7.31. The lowest BCUT2D eigenvalue weighted by Crippen LogP contribution is -2.57. The Bertz CT molecular complexity index is 283. The maximum Gasteiger partial charge on any atom is 0.0555 e. The van der Waals surface area contributed by atoms with Gasteiger partial charge in [0.1, 0.15) is 0 Å². The topological polar surface area (TPSA) is 23.5 Å². The average Bonchev–Trinajstić information content (AvgIpc) is 2.39. The minimum absolute atomic E-state index is 0.0366. The van der Waals surface area contributed by atoms with E-state index in [1.165, 1.54) is 38.6 Å². The zero-order chi connectivity index (χ0) is 12.7. The standard InChI is InChI=1S/C16H29NO/c1-11(2)15-8-7-14(18)9-16(15)17-10-12-3-5-13(17)6-4-12/h11-16,18H,3-10H2,1-2H3. The van der Waals surface area contributed by atoms with Crippen molar-refractivity contribution in [2.45, 2.75) is 77.0 Å². The Morgan fingerprint density at radius 2 is 1.72 bits per heavy atom. The molecule has 0 aromatic heterocycles. The summed E-state index contributed by atoms with van der Waals surface area (Å²) >= 11 is 0. The molecule has 0 radical (unpaired) electrons. The Balaban J connectivity index is 1.75. The number of aliphatic hydroxyl groups excluding tert-OH is 1. The maximum atomic E-state index is 10.1. The van der Waals surface area contributed by atoms with Crippen LogP contribution in [-0.2, 0) is 0 Å². The summed E-state index contributed by atoms with van der Waals surface area (Å²) in [6.45, 7) is 6.07. The van der Waals surface area contributed by atoms with Gasteiger partial charge < -0.3 is 5.11 Å². The van der Waals surface area contributed by atoms with Crippen LogP contribution in [0, 0.1) is 17.8 Å². The summed E-state index contributed by atoms with van der Waals surface area (Å²) in [5, 5.41) is 10.1. The van der Waals surface area contributed by atoms with Crippen molar-refractivity contribution >= 4 is 0 Å². The van der Waals surface area contributed by atoms with Gasteiger partial charge in [0.05, 0.1) is 6.10 Å². The quantitative estimate of drug-likeness (QED) is 0.815. The highest BCUT2D eigenvalue weighted by Gasteiger charge is 2.42. The Morgan fingerprint density at radius 3 is 2.28 bits per heavy atom. The molecule has 0 aromatic rings. The van der Waals surface area contributed by atoms with Crippen LogP contribution in [0.25, 0.3) is 0 Å². The molecule has 3 atom stereocenters. The van der Waals surface area contributed by atoms with E-state index < -0.39 is 0 Å². The number of piperidine rings is 2. The minimum atomic E-state index is -0.0366. The third kappa shape index (κ3) is 2.34. The Kier molecular flexibility index (Phi) is 3.68. The van der Waals surface area contributed by atoms with Gasteiger partial charge in [-0.1, -0.05) is 13.8 Å². The van der Waals surface area contributed by atoms with E-state index in [-0.39, 0.29) is 6.10 Å². The van der Waals surface area contributed by atoms with Crippen molar-refractivity contribution in [2.24, 2.45) is 17.8 Å². The lowest BCUT2D eigenvalue weighted by molar-refractivity contribution is -0.0539. The van der Waals surface area contributed by atoms with Gasteiger partial charge in [-0.3, -0.25) is 4.90 Å². The zero-order valence-electron chi connectivity index (χ0n) is 12.0. The van der Waals surface area contributed by atoms with Crippen LogP contribution in [0.5, 0.6) is 0 Å². The van der Waals surface area contributed by atoms with Crippen molar-refractivity contribution in [3.8, 4) is 0 Å². The number of fused-ring (bicyclic) bond motifs is 3. The largest absolute Gasteiger partial charge is 0.393 e. The van der Waals surface area contributed by atoms with Crippen molar-refractivity contribution in [1.29, 1.82) is 0 Å². The van der Waals surface area contributed by atoms with E-state index in [0.29, 0.717) is 6.04 Å². The van der Waals surface area contributed by atoms with Gasteiger partial charge in [0, 0.05) is 18.6 Å².